The molecule has 1 saturated heterocycles. The van der Waals surface area contributed by atoms with Crippen molar-refractivity contribution >= 4 is 5.91 Å². The summed E-state index contributed by atoms with van der Waals surface area (Å²) in [6, 6.07) is 0. The normalized spacial score (nSPS) is 21.1. The zero-order valence-corrected chi connectivity index (χ0v) is 8.87. The van der Waals surface area contributed by atoms with Gasteiger partial charge < -0.3 is 15.4 Å². The summed E-state index contributed by atoms with van der Waals surface area (Å²) in [6.07, 6.45) is 1.85. The maximum Gasteiger partial charge on any atom is 0.228 e. The predicted molar refractivity (Wildman–Crippen MR) is 54.9 cm³/mol. The molecule has 0 bridgehead atoms. The summed E-state index contributed by atoms with van der Waals surface area (Å²) < 4.78 is 5.21. The summed E-state index contributed by atoms with van der Waals surface area (Å²) >= 11 is 0. The third-order valence-corrected chi connectivity index (χ3v) is 2.48. The first-order chi connectivity index (χ1) is 6.79. The van der Waals surface area contributed by atoms with Crippen LogP contribution in [0.25, 0.3) is 0 Å². The van der Waals surface area contributed by atoms with Crippen LogP contribution in [0.4, 0.5) is 0 Å². The van der Waals surface area contributed by atoms with E-state index in [-0.39, 0.29) is 11.8 Å². The van der Waals surface area contributed by atoms with E-state index in [1.54, 1.807) is 0 Å². The van der Waals surface area contributed by atoms with Gasteiger partial charge in [0.25, 0.3) is 0 Å². The van der Waals surface area contributed by atoms with E-state index in [1.165, 1.54) is 0 Å². The van der Waals surface area contributed by atoms with Gasteiger partial charge in [-0.2, -0.15) is 0 Å². The Labute approximate surface area is 85.4 Å². The maximum atomic E-state index is 11.9. The first kappa shape index (κ1) is 11.5. The molecule has 82 valence electrons. The Balaban J connectivity index is 2.43. The molecule has 1 fully saturated rings. The SMILES string of the molecule is CCCN(CCN)C(=O)C1CCOC1. The monoisotopic (exact) mass is 200 g/mol. The van der Waals surface area contributed by atoms with E-state index in [0.29, 0.717) is 19.7 Å². The molecule has 1 unspecified atom stereocenters. The van der Waals surface area contributed by atoms with Crippen molar-refractivity contribution in [3.63, 3.8) is 0 Å². The standard InChI is InChI=1S/C10H20N2O2/c1-2-5-12(6-4-11)10(13)9-3-7-14-8-9/h9H,2-8,11H2,1H3. The summed E-state index contributed by atoms with van der Waals surface area (Å²) in [4.78, 5) is 13.8. The Morgan fingerprint density at radius 1 is 1.57 bits per heavy atom. The van der Waals surface area contributed by atoms with Gasteiger partial charge in [-0.25, -0.2) is 0 Å². The van der Waals surface area contributed by atoms with Gasteiger partial charge in [-0.3, -0.25) is 4.79 Å². The average Bonchev–Trinajstić information content (AvgIpc) is 2.69. The van der Waals surface area contributed by atoms with Gasteiger partial charge in [0.2, 0.25) is 5.91 Å². The lowest BCUT2D eigenvalue weighted by molar-refractivity contribution is -0.135. The lowest BCUT2D eigenvalue weighted by atomic mass is 10.1. The topological polar surface area (TPSA) is 55.6 Å². The Kier molecular flexibility index (Phi) is 4.90. The molecular formula is C10H20N2O2. The van der Waals surface area contributed by atoms with Gasteiger partial charge >= 0.3 is 0 Å². The fourth-order valence-corrected chi connectivity index (χ4v) is 1.75. The van der Waals surface area contributed by atoms with Crippen LogP contribution in [0, 0.1) is 5.92 Å². The molecule has 0 radical (unpaired) electrons. The highest BCUT2D eigenvalue weighted by molar-refractivity contribution is 5.79. The number of ether oxygens (including phenoxy) is 1. The van der Waals surface area contributed by atoms with Crippen LogP contribution in [0.5, 0.6) is 0 Å². The maximum absolute atomic E-state index is 11.9. The van der Waals surface area contributed by atoms with Crippen molar-refractivity contribution in [3.8, 4) is 0 Å². The van der Waals surface area contributed by atoms with Crippen molar-refractivity contribution in [2.45, 2.75) is 19.8 Å². The Morgan fingerprint density at radius 2 is 2.36 bits per heavy atom. The molecular weight excluding hydrogens is 180 g/mol. The molecule has 0 spiro atoms. The lowest BCUT2D eigenvalue weighted by Crippen LogP contribution is -2.40. The van der Waals surface area contributed by atoms with E-state index in [9.17, 15) is 4.79 Å². The van der Waals surface area contributed by atoms with Gasteiger partial charge in [-0.15, -0.1) is 0 Å². The quantitative estimate of drug-likeness (QED) is 0.690. The van der Waals surface area contributed by atoms with E-state index >= 15 is 0 Å². The molecule has 2 N–H and O–H groups in total. The van der Waals surface area contributed by atoms with Crippen molar-refractivity contribution in [1.29, 1.82) is 0 Å². The fraction of sp³-hybridized carbons (Fsp3) is 0.900. The lowest BCUT2D eigenvalue weighted by Gasteiger charge is -2.23. The molecule has 1 aliphatic rings. The molecule has 1 heterocycles. The van der Waals surface area contributed by atoms with Crippen molar-refractivity contribution in [1.82, 2.24) is 4.90 Å². The minimum atomic E-state index is 0.0769. The molecule has 0 aromatic rings. The van der Waals surface area contributed by atoms with Crippen LogP contribution in [0.3, 0.4) is 0 Å². The van der Waals surface area contributed by atoms with E-state index in [1.807, 2.05) is 4.90 Å². The third-order valence-electron chi connectivity index (χ3n) is 2.48. The van der Waals surface area contributed by atoms with Gasteiger partial charge in [0.1, 0.15) is 0 Å². The summed E-state index contributed by atoms with van der Waals surface area (Å²) in [7, 11) is 0. The minimum absolute atomic E-state index is 0.0769. The molecule has 14 heavy (non-hydrogen) atoms. The first-order valence-electron chi connectivity index (χ1n) is 5.36. The molecule has 0 aromatic carbocycles. The summed E-state index contributed by atoms with van der Waals surface area (Å²) in [5, 5.41) is 0. The van der Waals surface area contributed by atoms with Gasteiger partial charge in [0.05, 0.1) is 12.5 Å². The number of carbonyl (C=O) groups excluding carboxylic acids is 1. The van der Waals surface area contributed by atoms with E-state index in [2.05, 4.69) is 6.92 Å². The zero-order valence-electron chi connectivity index (χ0n) is 8.87. The highest BCUT2D eigenvalue weighted by Gasteiger charge is 2.27. The van der Waals surface area contributed by atoms with Crippen LogP contribution in [0.2, 0.25) is 0 Å². The predicted octanol–water partition coefficient (Wildman–Crippen LogP) is 0.220. The largest absolute Gasteiger partial charge is 0.381 e. The number of hydrogen-bond donors (Lipinski definition) is 1. The molecule has 4 heteroatoms. The summed E-state index contributed by atoms with van der Waals surface area (Å²) in [5.41, 5.74) is 5.47. The molecule has 1 rings (SSSR count). The number of nitrogens with two attached hydrogens (primary N) is 1. The highest BCUT2D eigenvalue weighted by atomic mass is 16.5. The third kappa shape index (κ3) is 2.96. The first-order valence-corrected chi connectivity index (χ1v) is 5.36. The van der Waals surface area contributed by atoms with Gasteiger partial charge in [0, 0.05) is 26.2 Å². The summed E-state index contributed by atoms with van der Waals surface area (Å²) in [5.74, 6) is 0.294. The Bertz CT molecular complexity index is 173. The Morgan fingerprint density at radius 3 is 2.86 bits per heavy atom. The van der Waals surface area contributed by atoms with Crippen LogP contribution >= 0.6 is 0 Å². The van der Waals surface area contributed by atoms with Crippen LogP contribution < -0.4 is 5.73 Å². The second-order valence-corrected chi connectivity index (χ2v) is 3.67. The van der Waals surface area contributed by atoms with Crippen molar-refractivity contribution in [3.05, 3.63) is 0 Å². The van der Waals surface area contributed by atoms with Gasteiger partial charge in [0.15, 0.2) is 0 Å². The molecule has 4 nitrogen and oxygen atoms in total. The molecule has 1 amide bonds. The number of nitrogens with zero attached hydrogens (tertiary/aromatic N) is 1. The van der Waals surface area contributed by atoms with Crippen molar-refractivity contribution < 1.29 is 9.53 Å². The number of rotatable bonds is 5. The van der Waals surface area contributed by atoms with Crippen LogP contribution in [-0.4, -0.2) is 43.7 Å². The van der Waals surface area contributed by atoms with Crippen LogP contribution in [-0.2, 0) is 9.53 Å². The summed E-state index contributed by atoms with van der Waals surface area (Å²) in [6.45, 7) is 5.40. The van der Waals surface area contributed by atoms with Crippen molar-refractivity contribution in [2.75, 3.05) is 32.8 Å². The van der Waals surface area contributed by atoms with Gasteiger partial charge in [-0.1, -0.05) is 6.92 Å². The molecule has 0 aliphatic carbocycles. The Hall–Kier alpha value is -0.610. The second kappa shape index (κ2) is 5.98. The van der Waals surface area contributed by atoms with E-state index in [4.69, 9.17) is 10.5 Å². The number of amides is 1. The molecule has 0 aromatic heterocycles. The van der Waals surface area contributed by atoms with Crippen LogP contribution in [0.1, 0.15) is 19.8 Å². The number of hydrogen-bond acceptors (Lipinski definition) is 3. The fourth-order valence-electron chi connectivity index (χ4n) is 1.75. The van der Waals surface area contributed by atoms with Crippen LogP contribution in [0.15, 0.2) is 0 Å². The highest BCUT2D eigenvalue weighted by Crippen LogP contribution is 2.15. The number of carbonyl (C=O) groups is 1. The van der Waals surface area contributed by atoms with E-state index < -0.39 is 0 Å². The average molecular weight is 200 g/mol. The zero-order chi connectivity index (χ0) is 10.4. The van der Waals surface area contributed by atoms with E-state index in [0.717, 1.165) is 26.0 Å². The smallest absolute Gasteiger partial charge is 0.228 e. The van der Waals surface area contributed by atoms with Gasteiger partial charge in [-0.05, 0) is 12.8 Å². The minimum Gasteiger partial charge on any atom is -0.381 e. The molecule has 1 aliphatic heterocycles. The second-order valence-electron chi connectivity index (χ2n) is 3.67. The molecule has 1 atom stereocenters. The molecule has 0 saturated carbocycles. The van der Waals surface area contributed by atoms with Crippen molar-refractivity contribution in [2.24, 2.45) is 11.7 Å².